The number of hydrogen-bond donors (Lipinski definition) is 3. The molecule has 0 fully saturated rings. The van der Waals surface area contributed by atoms with Gasteiger partial charge in [0.25, 0.3) is 0 Å². The minimum atomic E-state index is -0.653. The average molecular weight is 567 g/mol. The third kappa shape index (κ3) is 44.4. The van der Waals surface area contributed by atoms with E-state index >= 15 is 0 Å². The van der Waals surface area contributed by atoms with E-state index in [2.05, 4.69) is 6.92 Å². The number of aliphatic carboxylic acids is 1. The van der Waals surface area contributed by atoms with Gasteiger partial charge in [0.15, 0.2) is 0 Å². The second kappa shape index (κ2) is 39.3. The summed E-state index contributed by atoms with van der Waals surface area (Å²) < 4.78 is 25.8. The third-order valence-corrected chi connectivity index (χ3v) is 5.95. The van der Waals surface area contributed by atoms with Gasteiger partial charge >= 0.3 is 5.97 Å². The Morgan fingerprint density at radius 3 is 0.949 bits per heavy atom. The predicted octanol–water partition coefficient (Wildman–Crippen LogP) is 5.39. The van der Waals surface area contributed by atoms with Crippen molar-refractivity contribution in [3.8, 4) is 0 Å². The molecule has 236 valence electrons. The van der Waals surface area contributed by atoms with Gasteiger partial charge in [-0.1, -0.05) is 96.8 Å². The molecule has 0 aliphatic heterocycles. The molecule has 0 aromatic heterocycles. The van der Waals surface area contributed by atoms with Crippen LogP contribution in [0.15, 0.2) is 0 Å². The van der Waals surface area contributed by atoms with Crippen molar-refractivity contribution in [2.24, 2.45) is 0 Å². The first-order chi connectivity index (χ1) is 19.2. The average Bonchev–Trinajstić information content (AvgIpc) is 2.93. The van der Waals surface area contributed by atoms with Gasteiger partial charge in [-0.2, -0.15) is 0 Å². The molecular weight excluding hydrogens is 504 g/mol. The molecule has 0 saturated heterocycles. The van der Waals surface area contributed by atoms with Gasteiger partial charge in [-0.15, -0.1) is 0 Å². The van der Waals surface area contributed by atoms with Crippen molar-refractivity contribution in [2.45, 2.75) is 110 Å². The molecule has 0 radical (unpaired) electrons. The maximum atomic E-state index is 10.3. The number of aliphatic hydroxyl groups is 2. The van der Waals surface area contributed by atoms with Gasteiger partial charge in [-0.25, -0.2) is 0 Å². The van der Waals surface area contributed by atoms with E-state index in [0.717, 1.165) is 12.8 Å². The van der Waals surface area contributed by atoms with Gasteiger partial charge in [0.2, 0.25) is 0 Å². The first-order valence-electron chi connectivity index (χ1n) is 15.5. The Bertz CT molecular complexity index is 423. The maximum Gasteiger partial charge on any atom is 0.303 e. The van der Waals surface area contributed by atoms with Gasteiger partial charge in [-0.05, 0) is 6.42 Å². The van der Waals surface area contributed by atoms with Gasteiger partial charge in [0, 0.05) is 6.42 Å². The first-order valence-corrected chi connectivity index (χ1v) is 15.5. The molecule has 0 amide bonds. The maximum absolute atomic E-state index is 10.3. The van der Waals surface area contributed by atoms with Crippen LogP contribution in [0.2, 0.25) is 0 Å². The fraction of sp³-hybridized carbons (Fsp3) is 0.967. The van der Waals surface area contributed by atoms with Crippen LogP contribution in [-0.2, 0) is 28.5 Å². The summed E-state index contributed by atoms with van der Waals surface area (Å²) in [5.41, 5.74) is 0. The lowest BCUT2D eigenvalue weighted by molar-refractivity contribution is -0.137. The first kappa shape index (κ1) is 40.3. The van der Waals surface area contributed by atoms with Crippen LogP contribution in [-0.4, -0.2) is 101 Å². The number of ether oxygens (including phenoxy) is 5. The minimum absolute atomic E-state index is 0.0359. The van der Waals surface area contributed by atoms with E-state index in [1.165, 1.54) is 83.5 Å². The molecule has 0 unspecified atom stereocenters. The number of rotatable bonds is 32. The Labute approximate surface area is 238 Å². The van der Waals surface area contributed by atoms with Crippen molar-refractivity contribution < 1.29 is 43.8 Å². The number of hydrogen-bond acceptors (Lipinski definition) is 8. The molecule has 39 heavy (non-hydrogen) atoms. The summed E-state index contributed by atoms with van der Waals surface area (Å²) in [7, 11) is 0. The number of carbonyl (C=O) groups is 1. The molecule has 0 spiro atoms. The van der Waals surface area contributed by atoms with E-state index in [9.17, 15) is 4.79 Å². The summed E-state index contributed by atoms with van der Waals surface area (Å²) in [5.74, 6) is -0.653. The predicted molar refractivity (Wildman–Crippen MR) is 155 cm³/mol. The van der Waals surface area contributed by atoms with Crippen LogP contribution in [0.4, 0.5) is 0 Å². The molecule has 9 nitrogen and oxygen atoms in total. The zero-order chi connectivity index (χ0) is 28.9. The Balaban J connectivity index is 0. The molecule has 0 saturated carbocycles. The van der Waals surface area contributed by atoms with Crippen LogP contribution in [0.3, 0.4) is 0 Å². The van der Waals surface area contributed by atoms with E-state index in [-0.39, 0.29) is 13.2 Å². The highest BCUT2D eigenvalue weighted by molar-refractivity contribution is 5.66. The number of carboxylic acids is 1. The molecular formula is C30H62O9. The van der Waals surface area contributed by atoms with Crippen LogP contribution in [0, 0.1) is 0 Å². The second-order valence-corrected chi connectivity index (χ2v) is 9.60. The Hall–Kier alpha value is -0.810. The lowest BCUT2D eigenvalue weighted by atomic mass is 10.0. The fourth-order valence-electron chi connectivity index (χ4n) is 3.76. The monoisotopic (exact) mass is 566 g/mol. The summed E-state index contributed by atoms with van der Waals surface area (Å²) >= 11 is 0. The summed E-state index contributed by atoms with van der Waals surface area (Å²) in [6, 6.07) is 0. The van der Waals surface area contributed by atoms with Crippen molar-refractivity contribution in [3.63, 3.8) is 0 Å². The Morgan fingerprint density at radius 2 is 0.692 bits per heavy atom. The lowest BCUT2D eigenvalue weighted by Crippen LogP contribution is -2.14. The van der Waals surface area contributed by atoms with Crippen LogP contribution in [0.1, 0.15) is 110 Å². The summed E-state index contributed by atoms with van der Waals surface area (Å²) in [4.78, 5) is 10.3. The largest absolute Gasteiger partial charge is 0.481 e. The Kier molecular flexibility index (Phi) is 40.7. The van der Waals surface area contributed by atoms with E-state index < -0.39 is 5.97 Å². The molecule has 0 aromatic carbocycles. The third-order valence-electron chi connectivity index (χ3n) is 5.95. The van der Waals surface area contributed by atoms with Crippen LogP contribution >= 0.6 is 0 Å². The van der Waals surface area contributed by atoms with Gasteiger partial charge < -0.3 is 39.0 Å². The van der Waals surface area contributed by atoms with Gasteiger partial charge in [0.05, 0.1) is 79.3 Å². The molecule has 0 aliphatic rings. The van der Waals surface area contributed by atoms with Crippen molar-refractivity contribution in [2.75, 3.05) is 79.3 Å². The van der Waals surface area contributed by atoms with E-state index in [0.29, 0.717) is 72.5 Å². The van der Waals surface area contributed by atoms with Crippen molar-refractivity contribution in [1.29, 1.82) is 0 Å². The quantitative estimate of drug-likeness (QED) is 0.0920. The van der Waals surface area contributed by atoms with Crippen molar-refractivity contribution in [1.82, 2.24) is 0 Å². The van der Waals surface area contributed by atoms with Gasteiger partial charge in [-0.3, -0.25) is 4.79 Å². The lowest BCUT2D eigenvalue weighted by Gasteiger charge is -2.07. The highest BCUT2D eigenvalue weighted by Gasteiger charge is 1.97. The molecule has 0 bridgehead atoms. The molecule has 0 aliphatic carbocycles. The zero-order valence-electron chi connectivity index (χ0n) is 25.1. The van der Waals surface area contributed by atoms with E-state index in [4.69, 9.17) is 39.0 Å². The van der Waals surface area contributed by atoms with E-state index in [1.807, 2.05) is 0 Å². The normalized spacial score (nSPS) is 10.9. The Morgan fingerprint density at radius 1 is 0.436 bits per heavy atom. The highest BCUT2D eigenvalue weighted by Crippen LogP contribution is 2.13. The molecule has 0 heterocycles. The molecule has 0 atom stereocenters. The SMILES string of the molecule is CCCCCCCCCCCCCCCCCC(=O)O.OCCOCCOCCOCCOCCOCCO. The molecule has 9 heteroatoms. The van der Waals surface area contributed by atoms with Crippen LogP contribution in [0.5, 0.6) is 0 Å². The van der Waals surface area contributed by atoms with Crippen LogP contribution < -0.4 is 0 Å². The molecule has 3 N–H and O–H groups in total. The minimum Gasteiger partial charge on any atom is -0.481 e. The fourth-order valence-corrected chi connectivity index (χ4v) is 3.76. The summed E-state index contributed by atoms with van der Waals surface area (Å²) in [5, 5.41) is 25.4. The second-order valence-electron chi connectivity index (χ2n) is 9.60. The van der Waals surface area contributed by atoms with Crippen molar-refractivity contribution >= 4 is 5.97 Å². The highest BCUT2D eigenvalue weighted by atomic mass is 16.6. The standard InChI is InChI=1S/C18H36O2.C12H26O7/c1-2-3-4-5-6-7-8-9-10-11-12-13-14-15-16-17-18(19)20;13-1-3-15-5-7-17-9-11-19-12-10-18-8-6-16-4-2-14/h2-17H2,1H3,(H,19,20);13-14H,1-12H2. The van der Waals surface area contributed by atoms with Crippen LogP contribution in [0.25, 0.3) is 0 Å². The summed E-state index contributed by atoms with van der Waals surface area (Å²) in [6.07, 6.45) is 20.2. The summed E-state index contributed by atoms with van der Waals surface area (Å²) in [6.45, 7) is 7.07. The number of aliphatic hydroxyl groups excluding tert-OH is 2. The topological polar surface area (TPSA) is 124 Å². The number of unbranched alkanes of at least 4 members (excludes halogenated alkanes) is 14. The van der Waals surface area contributed by atoms with E-state index in [1.54, 1.807) is 0 Å². The molecule has 0 aromatic rings. The van der Waals surface area contributed by atoms with Crippen molar-refractivity contribution in [3.05, 3.63) is 0 Å². The smallest absolute Gasteiger partial charge is 0.303 e. The van der Waals surface area contributed by atoms with Gasteiger partial charge in [0.1, 0.15) is 0 Å². The molecule has 0 rings (SSSR count). The zero-order valence-corrected chi connectivity index (χ0v) is 25.1. The number of carboxylic acid groups (broad SMARTS) is 1.